The van der Waals surface area contributed by atoms with Gasteiger partial charge >= 0.3 is 0 Å². The molecule has 2 atom stereocenters. The largest absolute Gasteiger partial charge is 0.355 e. The number of aryl methyl sites for hydroxylation is 1. The molecular formula is C14H20N2O2S. The zero-order valence-corrected chi connectivity index (χ0v) is 12.2. The minimum Gasteiger partial charge on any atom is -0.355 e. The Bertz CT molecular complexity index is 470. The van der Waals surface area contributed by atoms with Gasteiger partial charge in [0, 0.05) is 28.6 Å². The number of carbonyl (C=O) groups excluding carboxylic acids is 2. The lowest BCUT2D eigenvalue weighted by molar-refractivity contribution is -0.123. The molecule has 4 nitrogen and oxygen atoms in total. The highest BCUT2D eigenvalue weighted by Crippen LogP contribution is 2.37. The summed E-state index contributed by atoms with van der Waals surface area (Å²) in [6.07, 6.45) is 1.33. The molecule has 19 heavy (non-hydrogen) atoms. The van der Waals surface area contributed by atoms with Gasteiger partial charge in [0.15, 0.2) is 0 Å². The van der Waals surface area contributed by atoms with Gasteiger partial charge < -0.3 is 10.6 Å². The molecular weight excluding hydrogens is 260 g/mol. The molecule has 0 spiro atoms. The third-order valence-electron chi connectivity index (χ3n) is 3.35. The number of hydrogen-bond acceptors (Lipinski definition) is 3. The molecule has 1 saturated carbocycles. The summed E-state index contributed by atoms with van der Waals surface area (Å²) in [6, 6.07) is 4.07. The standard InChI is InChI=1S/C14H20N2O2S/c1-9-7-12(9)14(18)15-6-5-13(17)16-8-11-4-3-10(2)19-11/h3-4,9,12H,5-8H2,1-2H3,(H,15,18)(H,16,17)/t9-,12-/m0/s1. The molecule has 104 valence electrons. The van der Waals surface area contributed by atoms with Crippen molar-refractivity contribution < 1.29 is 9.59 Å². The second kappa shape index (κ2) is 6.19. The van der Waals surface area contributed by atoms with Crippen molar-refractivity contribution in [2.45, 2.75) is 33.2 Å². The highest BCUT2D eigenvalue weighted by molar-refractivity contribution is 7.11. The number of thiophene rings is 1. The highest BCUT2D eigenvalue weighted by atomic mass is 32.1. The predicted molar refractivity (Wildman–Crippen MR) is 75.8 cm³/mol. The summed E-state index contributed by atoms with van der Waals surface area (Å²) >= 11 is 1.69. The van der Waals surface area contributed by atoms with Gasteiger partial charge in [-0.3, -0.25) is 9.59 Å². The molecule has 1 aromatic heterocycles. The van der Waals surface area contributed by atoms with E-state index < -0.39 is 0 Å². The number of hydrogen-bond donors (Lipinski definition) is 2. The summed E-state index contributed by atoms with van der Waals surface area (Å²) < 4.78 is 0. The Hall–Kier alpha value is -1.36. The molecule has 0 radical (unpaired) electrons. The molecule has 2 N–H and O–H groups in total. The summed E-state index contributed by atoms with van der Waals surface area (Å²) in [5.41, 5.74) is 0. The van der Waals surface area contributed by atoms with Crippen molar-refractivity contribution in [2.24, 2.45) is 11.8 Å². The summed E-state index contributed by atoms with van der Waals surface area (Å²) in [6.45, 7) is 5.12. The molecule has 2 rings (SSSR count). The molecule has 1 aliphatic rings. The lowest BCUT2D eigenvalue weighted by Gasteiger charge is -2.05. The van der Waals surface area contributed by atoms with Gasteiger partial charge in [-0.25, -0.2) is 0 Å². The fourth-order valence-electron chi connectivity index (χ4n) is 1.97. The first kappa shape index (κ1) is 14.1. The SMILES string of the molecule is Cc1ccc(CNC(=O)CCNC(=O)[C@H]2C[C@@H]2C)s1. The first-order valence-electron chi connectivity index (χ1n) is 6.66. The third-order valence-corrected chi connectivity index (χ3v) is 4.35. The van der Waals surface area contributed by atoms with E-state index >= 15 is 0 Å². The lowest BCUT2D eigenvalue weighted by Crippen LogP contribution is -2.31. The van der Waals surface area contributed by atoms with Crippen molar-refractivity contribution in [1.82, 2.24) is 10.6 Å². The van der Waals surface area contributed by atoms with Crippen LogP contribution in [0.3, 0.4) is 0 Å². The average Bonchev–Trinajstić information content (AvgIpc) is 2.95. The number of rotatable bonds is 6. The van der Waals surface area contributed by atoms with Crippen molar-refractivity contribution in [1.29, 1.82) is 0 Å². The first-order valence-corrected chi connectivity index (χ1v) is 7.47. The normalized spacial score (nSPS) is 20.9. The topological polar surface area (TPSA) is 58.2 Å². The molecule has 0 bridgehead atoms. The molecule has 1 fully saturated rings. The van der Waals surface area contributed by atoms with Gasteiger partial charge in [-0.2, -0.15) is 0 Å². The Kier molecular flexibility index (Phi) is 4.58. The van der Waals surface area contributed by atoms with Crippen molar-refractivity contribution >= 4 is 23.2 Å². The second-order valence-corrected chi connectivity index (χ2v) is 6.52. The van der Waals surface area contributed by atoms with Crippen molar-refractivity contribution in [3.05, 3.63) is 21.9 Å². The van der Waals surface area contributed by atoms with E-state index in [0.717, 1.165) is 11.3 Å². The fourth-order valence-corrected chi connectivity index (χ4v) is 2.80. The van der Waals surface area contributed by atoms with Gasteiger partial charge in [0.1, 0.15) is 0 Å². The van der Waals surface area contributed by atoms with Gasteiger partial charge in [-0.15, -0.1) is 11.3 Å². The monoisotopic (exact) mass is 280 g/mol. The van der Waals surface area contributed by atoms with Gasteiger partial charge in [0.05, 0.1) is 6.54 Å². The molecule has 1 heterocycles. The van der Waals surface area contributed by atoms with Crippen LogP contribution >= 0.6 is 11.3 Å². The van der Waals surface area contributed by atoms with E-state index in [4.69, 9.17) is 0 Å². The van der Waals surface area contributed by atoms with Gasteiger partial charge in [0.25, 0.3) is 0 Å². The minimum absolute atomic E-state index is 0.0183. The number of amides is 2. The van der Waals surface area contributed by atoms with Gasteiger partial charge in [0.2, 0.25) is 11.8 Å². The highest BCUT2D eigenvalue weighted by Gasteiger charge is 2.38. The summed E-state index contributed by atoms with van der Waals surface area (Å²) in [7, 11) is 0. The molecule has 0 unspecified atom stereocenters. The number of carbonyl (C=O) groups is 2. The smallest absolute Gasteiger partial charge is 0.223 e. The van der Waals surface area contributed by atoms with Crippen LogP contribution in [0.4, 0.5) is 0 Å². The molecule has 0 aromatic carbocycles. The zero-order chi connectivity index (χ0) is 13.8. The van der Waals surface area contributed by atoms with E-state index in [9.17, 15) is 9.59 Å². The van der Waals surface area contributed by atoms with E-state index in [1.165, 1.54) is 4.88 Å². The summed E-state index contributed by atoms with van der Waals surface area (Å²) in [4.78, 5) is 25.5. The summed E-state index contributed by atoms with van der Waals surface area (Å²) in [5.74, 6) is 0.762. The molecule has 0 aliphatic heterocycles. The van der Waals surface area contributed by atoms with Crippen molar-refractivity contribution in [3.8, 4) is 0 Å². The maximum Gasteiger partial charge on any atom is 0.223 e. The molecule has 1 aliphatic carbocycles. The Morgan fingerprint density at radius 1 is 1.37 bits per heavy atom. The third kappa shape index (κ3) is 4.35. The second-order valence-electron chi connectivity index (χ2n) is 5.15. The van der Waals surface area contributed by atoms with Crippen LogP contribution in [0.25, 0.3) is 0 Å². The first-order chi connectivity index (χ1) is 9.06. The van der Waals surface area contributed by atoms with Crippen LogP contribution in [-0.4, -0.2) is 18.4 Å². The van der Waals surface area contributed by atoms with E-state index in [2.05, 4.69) is 17.6 Å². The van der Waals surface area contributed by atoms with E-state index in [0.29, 0.717) is 25.4 Å². The molecule has 5 heteroatoms. The zero-order valence-electron chi connectivity index (χ0n) is 11.4. The Labute approximate surface area is 117 Å². The van der Waals surface area contributed by atoms with Crippen LogP contribution < -0.4 is 10.6 Å². The molecule has 0 saturated heterocycles. The maximum absolute atomic E-state index is 11.6. The Morgan fingerprint density at radius 3 is 2.68 bits per heavy atom. The number of nitrogens with one attached hydrogen (secondary N) is 2. The van der Waals surface area contributed by atoms with Crippen LogP contribution in [0.1, 0.15) is 29.5 Å². The minimum atomic E-state index is -0.0183. The van der Waals surface area contributed by atoms with E-state index in [1.807, 2.05) is 19.1 Å². The van der Waals surface area contributed by atoms with E-state index in [1.54, 1.807) is 11.3 Å². The van der Waals surface area contributed by atoms with Crippen LogP contribution in [0.15, 0.2) is 12.1 Å². The Balaban J connectivity index is 1.58. The van der Waals surface area contributed by atoms with Gasteiger partial charge in [-0.05, 0) is 31.4 Å². The van der Waals surface area contributed by atoms with Crippen molar-refractivity contribution in [3.63, 3.8) is 0 Å². The van der Waals surface area contributed by atoms with Crippen molar-refractivity contribution in [2.75, 3.05) is 6.54 Å². The average molecular weight is 280 g/mol. The predicted octanol–water partition coefficient (Wildman–Crippen LogP) is 1.84. The van der Waals surface area contributed by atoms with Gasteiger partial charge in [-0.1, -0.05) is 6.92 Å². The van der Waals surface area contributed by atoms with E-state index in [-0.39, 0.29) is 17.7 Å². The lowest BCUT2D eigenvalue weighted by atomic mass is 10.3. The summed E-state index contributed by atoms with van der Waals surface area (Å²) in [5, 5.41) is 5.67. The maximum atomic E-state index is 11.6. The van der Waals surface area contributed by atoms with Crippen LogP contribution in [-0.2, 0) is 16.1 Å². The molecule has 2 amide bonds. The molecule has 1 aromatic rings. The fraction of sp³-hybridized carbons (Fsp3) is 0.571. The van der Waals surface area contributed by atoms with Crippen LogP contribution in [0.2, 0.25) is 0 Å². The van der Waals surface area contributed by atoms with Crippen LogP contribution in [0, 0.1) is 18.8 Å². The van der Waals surface area contributed by atoms with Crippen LogP contribution in [0.5, 0.6) is 0 Å². The quantitative estimate of drug-likeness (QED) is 0.835. The Morgan fingerprint density at radius 2 is 2.11 bits per heavy atom.